The minimum atomic E-state index is -0.253. The Balaban J connectivity index is 1.87. The summed E-state index contributed by atoms with van der Waals surface area (Å²) >= 11 is 0. The molecule has 0 saturated heterocycles. The molecule has 0 saturated carbocycles. The van der Waals surface area contributed by atoms with Gasteiger partial charge in [-0.2, -0.15) is 0 Å². The highest BCUT2D eigenvalue weighted by Crippen LogP contribution is 2.27. The molecule has 1 aliphatic rings. The number of aliphatic imine (C=N–C) groups is 1. The van der Waals surface area contributed by atoms with E-state index >= 15 is 0 Å². The van der Waals surface area contributed by atoms with Crippen LogP contribution < -0.4 is 0 Å². The minimum absolute atomic E-state index is 0.253. The molecule has 4 rings (SSSR count). The third kappa shape index (κ3) is 3.06. The lowest BCUT2D eigenvalue weighted by atomic mass is 10.0. The number of halogens is 1. The molecular formula is C21H21FN4. The summed E-state index contributed by atoms with van der Waals surface area (Å²) in [5.74, 6) is 0.591. The van der Waals surface area contributed by atoms with E-state index in [1.807, 2.05) is 56.7 Å². The average Bonchev–Trinajstić information content (AvgIpc) is 2.97. The fourth-order valence-corrected chi connectivity index (χ4v) is 3.32. The van der Waals surface area contributed by atoms with Gasteiger partial charge in [0.25, 0.3) is 0 Å². The number of hydrogen-bond donors (Lipinski definition) is 0. The van der Waals surface area contributed by atoms with Gasteiger partial charge in [0, 0.05) is 36.0 Å². The Morgan fingerprint density at radius 3 is 2.69 bits per heavy atom. The molecule has 1 aromatic heterocycles. The smallest absolute Gasteiger partial charge is 0.135 e. The third-order valence-corrected chi connectivity index (χ3v) is 4.60. The summed E-state index contributed by atoms with van der Waals surface area (Å²) in [6, 6.07) is 14.9. The van der Waals surface area contributed by atoms with Crippen molar-refractivity contribution >= 4 is 5.71 Å². The van der Waals surface area contributed by atoms with Crippen molar-refractivity contribution < 1.29 is 4.39 Å². The molecule has 1 aliphatic heterocycles. The molecule has 0 fully saturated rings. The number of aromatic nitrogens is 2. The van der Waals surface area contributed by atoms with Crippen LogP contribution in [-0.2, 0) is 13.0 Å². The van der Waals surface area contributed by atoms with E-state index in [0.717, 1.165) is 47.0 Å². The molecule has 0 N–H and O–H groups in total. The van der Waals surface area contributed by atoms with Gasteiger partial charge in [0.1, 0.15) is 11.6 Å². The number of hydrogen-bond acceptors (Lipinski definition) is 3. The van der Waals surface area contributed by atoms with Gasteiger partial charge in [0.05, 0.1) is 17.9 Å². The molecule has 26 heavy (non-hydrogen) atoms. The van der Waals surface area contributed by atoms with Gasteiger partial charge in [-0.3, -0.25) is 9.56 Å². The van der Waals surface area contributed by atoms with E-state index in [1.54, 1.807) is 6.07 Å². The summed E-state index contributed by atoms with van der Waals surface area (Å²) in [5.41, 5.74) is 4.72. The molecule has 2 heterocycles. The molecule has 132 valence electrons. The maximum Gasteiger partial charge on any atom is 0.135 e. The van der Waals surface area contributed by atoms with Crippen molar-refractivity contribution in [3.63, 3.8) is 0 Å². The third-order valence-electron chi connectivity index (χ3n) is 4.60. The molecular weight excluding hydrogens is 327 g/mol. The number of likely N-dealkylation sites (N-methyl/N-ethyl adjacent to an activating group) is 1. The molecule has 3 aromatic rings. The Bertz CT molecular complexity index is 957. The van der Waals surface area contributed by atoms with Crippen LogP contribution in [0.2, 0.25) is 0 Å². The first-order chi connectivity index (χ1) is 12.6. The summed E-state index contributed by atoms with van der Waals surface area (Å²) in [7, 11) is 4.09. The van der Waals surface area contributed by atoms with Gasteiger partial charge in [-0.05, 0) is 32.3 Å². The first-order valence-corrected chi connectivity index (χ1v) is 8.74. The number of fused-ring (bicyclic) bond motifs is 3. The van der Waals surface area contributed by atoms with Crippen molar-refractivity contribution in [2.24, 2.45) is 4.99 Å². The Hall–Kier alpha value is -2.79. The SMILES string of the molecule is CN(C)CCc1cnc2n1-c1cc(F)ccc1C(c1ccccc1)=NC2. The molecule has 2 aromatic carbocycles. The van der Waals surface area contributed by atoms with E-state index in [4.69, 9.17) is 4.99 Å². The van der Waals surface area contributed by atoms with Crippen LogP contribution in [0.25, 0.3) is 5.69 Å². The highest BCUT2D eigenvalue weighted by atomic mass is 19.1. The largest absolute Gasteiger partial charge is 0.309 e. The van der Waals surface area contributed by atoms with E-state index in [0.29, 0.717) is 6.54 Å². The predicted octanol–water partition coefficient (Wildman–Crippen LogP) is 3.47. The van der Waals surface area contributed by atoms with Crippen LogP contribution in [-0.4, -0.2) is 40.8 Å². The second-order valence-electron chi connectivity index (χ2n) is 6.75. The maximum absolute atomic E-state index is 14.1. The lowest BCUT2D eigenvalue weighted by Crippen LogP contribution is -2.17. The highest BCUT2D eigenvalue weighted by Gasteiger charge is 2.22. The van der Waals surface area contributed by atoms with E-state index in [1.165, 1.54) is 6.07 Å². The van der Waals surface area contributed by atoms with E-state index < -0.39 is 0 Å². The lowest BCUT2D eigenvalue weighted by Gasteiger charge is -2.16. The molecule has 0 unspecified atom stereocenters. The van der Waals surface area contributed by atoms with Crippen LogP contribution in [0.5, 0.6) is 0 Å². The number of imidazole rings is 1. The first-order valence-electron chi connectivity index (χ1n) is 8.74. The zero-order chi connectivity index (χ0) is 18.1. The predicted molar refractivity (Wildman–Crippen MR) is 102 cm³/mol. The number of rotatable bonds is 4. The minimum Gasteiger partial charge on any atom is -0.309 e. The van der Waals surface area contributed by atoms with Gasteiger partial charge in [0.2, 0.25) is 0 Å². The molecule has 0 bridgehead atoms. The molecule has 0 radical (unpaired) electrons. The monoisotopic (exact) mass is 348 g/mol. The number of benzene rings is 2. The lowest BCUT2D eigenvalue weighted by molar-refractivity contribution is 0.410. The second kappa shape index (κ2) is 6.84. The van der Waals surface area contributed by atoms with Gasteiger partial charge in [0.15, 0.2) is 0 Å². The fourth-order valence-electron chi connectivity index (χ4n) is 3.32. The summed E-state index contributed by atoms with van der Waals surface area (Å²) in [5, 5.41) is 0. The first kappa shape index (κ1) is 16.7. The standard InChI is InChI=1S/C21H21FN4/c1-25(2)11-10-17-13-23-20-14-24-21(15-6-4-3-5-7-15)18-9-8-16(22)12-19(18)26(17)20/h3-9,12-13H,10-11,14H2,1-2H3. The van der Waals surface area contributed by atoms with E-state index in [9.17, 15) is 4.39 Å². The Morgan fingerprint density at radius 2 is 1.92 bits per heavy atom. The van der Waals surface area contributed by atoms with E-state index in [2.05, 4.69) is 14.5 Å². The van der Waals surface area contributed by atoms with Crippen LogP contribution in [0.1, 0.15) is 22.6 Å². The molecule has 4 nitrogen and oxygen atoms in total. The molecule has 0 atom stereocenters. The molecule has 0 aliphatic carbocycles. The van der Waals surface area contributed by atoms with Crippen LogP contribution in [0.4, 0.5) is 4.39 Å². The average molecular weight is 348 g/mol. The summed E-state index contributed by atoms with van der Waals surface area (Å²) < 4.78 is 16.2. The normalized spacial score (nSPS) is 13.2. The van der Waals surface area contributed by atoms with Crippen LogP contribution in [0, 0.1) is 5.82 Å². The highest BCUT2D eigenvalue weighted by molar-refractivity contribution is 6.15. The summed E-state index contributed by atoms with van der Waals surface area (Å²) in [6.45, 7) is 1.38. The molecule has 0 amide bonds. The van der Waals surface area contributed by atoms with Crippen molar-refractivity contribution in [1.29, 1.82) is 0 Å². The van der Waals surface area contributed by atoms with Crippen molar-refractivity contribution in [1.82, 2.24) is 14.5 Å². The van der Waals surface area contributed by atoms with Crippen LogP contribution >= 0.6 is 0 Å². The summed E-state index contributed by atoms with van der Waals surface area (Å²) in [4.78, 5) is 11.5. The zero-order valence-corrected chi connectivity index (χ0v) is 15.0. The van der Waals surface area contributed by atoms with Crippen molar-refractivity contribution in [2.75, 3.05) is 20.6 Å². The van der Waals surface area contributed by atoms with Gasteiger partial charge in [-0.15, -0.1) is 0 Å². The van der Waals surface area contributed by atoms with Gasteiger partial charge >= 0.3 is 0 Å². The fraction of sp³-hybridized carbons (Fsp3) is 0.238. The second-order valence-corrected chi connectivity index (χ2v) is 6.75. The van der Waals surface area contributed by atoms with Gasteiger partial charge in [-0.25, -0.2) is 9.37 Å². The topological polar surface area (TPSA) is 33.4 Å². The van der Waals surface area contributed by atoms with E-state index in [-0.39, 0.29) is 5.82 Å². The van der Waals surface area contributed by atoms with Gasteiger partial charge in [-0.1, -0.05) is 30.3 Å². The number of nitrogens with zero attached hydrogens (tertiary/aromatic N) is 4. The van der Waals surface area contributed by atoms with Crippen LogP contribution in [0.15, 0.2) is 59.7 Å². The Kier molecular flexibility index (Phi) is 4.39. The quantitative estimate of drug-likeness (QED) is 0.723. The maximum atomic E-state index is 14.1. The van der Waals surface area contributed by atoms with Crippen molar-refractivity contribution in [3.8, 4) is 5.69 Å². The Morgan fingerprint density at radius 1 is 1.12 bits per heavy atom. The molecule has 0 spiro atoms. The summed E-state index contributed by atoms with van der Waals surface area (Å²) in [6.07, 6.45) is 2.73. The molecule has 5 heteroatoms. The van der Waals surface area contributed by atoms with Crippen LogP contribution in [0.3, 0.4) is 0 Å². The van der Waals surface area contributed by atoms with Crippen molar-refractivity contribution in [2.45, 2.75) is 13.0 Å². The van der Waals surface area contributed by atoms with Crippen molar-refractivity contribution in [3.05, 3.63) is 83.2 Å². The van der Waals surface area contributed by atoms with Gasteiger partial charge < -0.3 is 4.90 Å². The Labute approximate surface area is 152 Å². The zero-order valence-electron chi connectivity index (χ0n) is 15.0.